The van der Waals surface area contributed by atoms with Crippen LogP contribution >= 0.6 is 0 Å². The predicted octanol–water partition coefficient (Wildman–Crippen LogP) is 6.52. The van der Waals surface area contributed by atoms with Crippen molar-refractivity contribution >= 4 is 45.6 Å². The van der Waals surface area contributed by atoms with E-state index in [9.17, 15) is 19.2 Å². The van der Waals surface area contributed by atoms with E-state index in [0.29, 0.717) is 29.8 Å². The van der Waals surface area contributed by atoms with Crippen LogP contribution in [0.1, 0.15) is 76.5 Å². The summed E-state index contributed by atoms with van der Waals surface area (Å²) >= 11 is 0. The minimum absolute atomic E-state index is 0.0788. The molecule has 2 aliphatic heterocycles. The lowest BCUT2D eigenvalue weighted by molar-refractivity contribution is 0.0592. The Balaban J connectivity index is 0.000000150. The Morgan fingerprint density at radius 3 is 1.62 bits per heavy atom. The third-order valence-electron chi connectivity index (χ3n) is 9.57. The van der Waals surface area contributed by atoms with Gasteiger partial charge in [0.15, 0.2) is 0 Å². The fourth-order valence-corrected chi connectivity index (χ4v) is 6.91. The van der Waals surface area contributed by atoms with Crippen molar-refractivity contribution in [3.05, 3.63) is 142 Å². The number of esters is 2. The van der Waals surface area contributed by atoms with Crippen molar-refractivity contribution in [1.82, 2.24) is 14.5 Å². The van der Waals surface area contributed by atoms with Gasteiger partial charge < -0.3 is 34.8 Å². The van der Waals surface area contributed by atoms with Gasteiger partial charge in [-0.3, -0.25) is 4.79 Å². The quantitative estimate of drug-likeness (QED) is 0.158. The number of carboxylic acids is 1. The molecule has 0 radical (unpaired) electrons. The average molecular weight is 715 g/mol. The SMILES string of the molecule is COC(=O)c1ccc(CN)cc1.COC(=O)c1ccc(CNC(=O)c2cn3c4c(cccc24)CCC3)cc1.O=C(O)c1cn2c3c(cccc13)CCC2. The van der Waals surface area contributed by atoms with Gasteiger partial charge >= 0.3 is 17.9 Å². The molecule has 11 nitrogen and oxygen atoms in total. The van der Waals surface area contributed by atoms with Crippen molar-refractivity contribution < 1.29 is 33.8 Å². The van der Waals surface area contributed by atoms with Gasteiger partial charge in [-0.2, -0.15) is 0 Å². The molecular formula is C42H42N4O7. The molecule has 4 heterocycles. The lowest BCUT2D eigenvalue weighted by Crippen LogP contribution is -2.22. The second kappa shape index (κ2) is 16.4. The van der Waals surface area contributed by atoms with Crippen LogP contribution in [0, 0.1) is 0 Å². The van der Waals surface area contributed by atoms with Gasteiger partial charge in [0.1, 0.15) is 0 Å². The van der Waals surface area contributed by atoms with Crippen LogP contribution in [0.2, 0.25) is 0 Å². The van der Waals surface area contributed by atoms with E-state index in [0.717, 1.165) is 71.8 Å². The summed E-state index contributed by atoms with van der Waals surface area (Å²) < 4.78 is 13.5. The lowest BCUT2D eigenvalue weighted by Gasteiger charge is -2.14. The highest BCUT2D eigenvalue weighted by molar-refractivity contribution is 6.08. The molecule has 0 aliphatic carbocycles. The number of para-hydroxylation sites is 2. The number of amides is 1. The van der Waals surface area contributed by atoms with Crippen LogP contribution in [-0.2, 0) is 48.5 Å². The molecule has 1 amide bonds. The van der Waals surface area contributed by atoms with E-state index in [1.165, 1.54) is 30.9 Å². The molecule has 0 atom stereocenters. The fraction of sp³-hybridized carbons (Fsp3) is 0.238. The number of ether oxygens (including phenoxy) is 2. The largest absolute Gasteiger partial charge is 0.478 e. The Hall–Kier alpha value is -6.20. The molecule has 0 fully saturated rings. The molecule has 0 spiro atoms. The fourth-order valence-electron chi connectivity index (χ4n) is 6.91. The van der Waals surface area contributed by atoms with Crippen molar-refractivity contribution in [1.29, 1.82) is 0 Å². The molecular weight excluding hydrogens is 672 g/mol. The van der Waals surface area contributed by atoms with Gasteiger partial charge in [-0.05, 0) is 72.2 Å². The zero-order valence-electron chi connectivity index (χ0n) is 29.8. The van der Waals surface area contributed by atoms with Gasteiger partial charge in [0, 0.05) is 49.3 Å². The number of nitrogens with one attached hydrogen (secondary N) is 1. The summed E-state index contributed by atoms with van der Waals surface area (Å²) in [6.07, 6.45) is 8.04. The highest BCUT2D eigenvalue weighted by Gasteiger charge is 2.20. The molecule has 272 valence electrons. The van der Waals surface area contributed by atoms with Gasteiger partial charge in [0.2, 0.25) is 0 Å². The van der Waals surface area contributed by atoms with Gasteiger partial charge in [-0.1, -0.05) is 60.7 Å². The zero-order chi connectivity index (χ0) is 37.5. The maximum Gasteiger partial charge on any atom is 0.337 e. The molecule has 0 unspecified atom stereocenters. The van der Waals surface area contributed by atoms with Crippen molar-refractivity contribution in [2.45, 2.75) is 51.9 Å². The van der Waals surface area contributed by atoms with E-state index < -0.39 is 5.97 Å². The Labute approximate surface area is 306 Å². The Morgan fingerprint density at radius 1 is 0.679 bits per heavy atom. The van der Waals surface area contributed by atoms with Crippen LogP contribution in [0.3, 0.4) is 0 Å². The summed E-state index contributed by atoms with van der Waals surface area (Å²) in [6, 6.07) is 26.2. The van der Waals surface area contributed by atoms with Gasteiger partial charge in [-0.15, -0.1) is 0 Å². The minimum atomic E-state index is -0.835. The number of nitrogens with zero attached hydrogens (tertiary/aromatic N) is 2. The number of hydrogen-bond donors (Lipinski definition) is 3. The molecule has 2 aliphatic rings. The molecule has 6 aromatic rings. The highest BCUT2D eigenvalue weighted by Crippen LogP contribution is 2.30. The number of aromatic nitrogens is 2. The second-order valence-corrected chi connectivity index (χ2v) is 12.9. The van der Waals surface area contributed by atoms with Gasteiger partial charge in [0.25, 0.3) is 5.91 Å². The van der Waals surface area contributed by atoms with E-state index in [1.54, 1.807) is 30.5 Å². The predicted molar refractivity (Wildman–Crippen MR) is 202 cm³/mol. The standard InChI is InChI=1S/C21H20N2O3.C12H11NO2.C9H11NO2/c1-26-21(25)16-9-7-14(8-10-16)12-22-20(24)18-13-23-11-3-5-15-4-2-6-17(18)19(15)23;14-12(15)10-7-13-6-2-4-8-3-1-5-9(10)11(8)13;1-12-9(11)8-4-2-7(6-10)3-5-8/h2,4,6-10,13H,3,5,11-12H2,1H3,(H,22,24);1,3,5,7H,2,4,6H2,(H,14,15);2-5H,6,10H2,1H3. The highest BCUT2D eigenvalue weighted by atomic mass is 16.5. The number of aromatic carboxylic acids is 1. The zero-order valence-corrected chi connectivity index (χ0v) is 29.8. The maximum atomic E-state index is 12.7. The van der Waals surface area contributed by atoms with E-state index in [2.05, 4.69) is 36.1 Å². The molecule has 0 saturated carbocycles. The van der Waals surface area contributed by atoms with Crippen LogP contribution in [0.4, 0.5) is 0 Å². The smallest absolute Gasteiger partial charge is 0.337 e. The maximum absolute atomic E-state index is 12.7. The number of carbonyl (C=O) groups excluding carboxylic acids is 3. The van der Waals surface area contributed by atoms with Crippen LogP contribution in [-0.4, -0.2) is 52.3 Å². The first-order chi connectivity index (χ1) is 25.7. The minimum Gasteiger partial charge on any atom is -0.478 e. The van der Waals surface area contributed by atoms with Crippen LogP contribution in [0.15, 0.2) is 97.3 Å². The van der Waals surface area contributed by atoms with Crippen LogP contribution in [0.5, 0.6) is 0 Å². The molecule has 8 rings (SSSR count). The van der Waals surface area contributed by atoms with E-state index >= 15 is 0 Å². The molecule has 4 N–H and O–H groups in total. The summed E-state index contributed by atoms with van der Waals surface area (Å²) in [5.74, 6) is -1.60. The van der Waals surface area contributed by atoms with E-state index in [4.69, 9.17) is 10.8 Å². The number of aryl methyl sites for hydroxylation is 4. The van der Waals surface area contributed by atoms with Crippen molar-refractivity contribution in [2.75, 3.05) is 14.2 Å². The molecule has 0 bridgehead atoms. The normalized spacial score (nSPS) is 12.5. The van der Waals surface area contributed by atoms with E-state index in [1.807, 2.05) is 54.7 Å². The first-order valence-corrected chi connectivity index (χ1v) is 17.5. The molecule has 2 aromatic heterocycles. The Morgan fingerprint density at radius 2 is 1.15 bits per heavy atom. The van der Waals surface area contributed by atoms with Crippen molar-refractivity contribution in [3.8, 4) is 0 Å². The number of carbonyl (C=O) groups is 4. The van der Waals surface area contributed by atoms with Crippen LogP contribution in [0.25, 0.3) is 21.8 Å². The summed E-state index contributed by atoms with van der Waals surface area (Å²) in [4.78, 5) is 46.2. The van der Waals surface area contributed by atoms with Crippen LogP contribution < -0.4 is 11.1 Å². The van der Waals surface area contributed by atoms with Gasteiger partial charge in [-0.25, -0.2) is 14.4 Å². The number of carboxylic acid groups (broad SMARTS) is 1. The third kappa shape index (κ3) is 8.00. The Bertz CT molecular complexity index is 2290. The number of rotatable bonds is 7. The molecule has 11 heteroatoms. The summed E-state index contributed by atoms with van der Waals surface area (Å²) in [7, 11) is 2.72. The number of methoxy groups -OCH3 is 2. The first-order valence-electron chi connectivity index (χ1n) is 17.5. The second-order valence-electron chi connectivity index (χ2n) is 12.9. The van der Waals surface area contributed by atoms with Crippen molar-refractivity contribution in [3.63, 3.8) is 0 Å². The summed E-state index contributed by atoms with van der Waals surface area (Å²) in [6.45, 7) is 2.78. The number of hydrogen-bond acceptors (Lipinski definition) is 7. The topological polar surface area (TPSA) is 155 Å². The molecule has 53 heavy (non-hydrogen) atoms. The summed E-state index contributed by atoms with van der Waals surface area (Å²) in [5, 5.41) is 14.0. The molecule has 0 saturated heterocycles. The third-order valence-corrected chi connectivity index (χ3v) is 9.57. The monoisotopic (exact) mass is 714 g/mol. The van der Waals surface area contributed by atoms with Gasteiger partial charge in [0.05, 0.1) is 47.5 Å². The number of nitrogens with two attached hydrogens (primary N) is 1. The van der Waals surface area contributed by atoms with E-state index in [-0.39, 0.29) is 17.8 Å². The average Bonchev–Trinajstić information content (AvgIpc) is 3.78. The van der Waals surface area contributed by atoms with Crippen molar-refractivity contribution in [2.24, 2.45) is 5.73 Å². The number of benzene rings is 4. The summed E-state index contributed by atoms with van der Waals surface area (Å²) in [5.41, 5.74) is 14.4. The Kier molecular flexibility index (Phi) is 11.3. The molecule has 4 aromatic carbocycles. The lowest BCUT2D eigenvalue weighted by atomic mass is 10.0. The first kappa shape index (κ1) is 36.6.